The first kappa shape index (κ1) is 37.2. The molecule has 2 N–H and O–H groups in total. The van der Waals surface area contributed by atoms with Crippen LogP contribution in [0.3, 0.4) is 0 Å². The van der Waals surface area contributed by atoms with Gasteiger partial charge in [0.15, 0.2) is 17.4 Å². The zero-order valence-corrected chi connectivity index (χ0v) is 28.2. The summed E-state index contributed by atoms with van der Waals surface area (Å²) in [6.45, 7) is 12.4. The molecule has 2 fully saturated rings. The van der Waals surface area contributed by atoms with Crippen LogP contribution in [-0.2, 0) is 11.0 Å². The van der Waals surface area contributed by atoms with Gasteiger partial charge in [0.05, 0.1) is 5.69 Å². The predicted octanol–water partition coefficient (Wildman–Crippen LogP) is 3.62. The molecular weight excluding hydrogens is 637 g/mol. The molecule has 0 unspecified atom stereocenters. The van der Waals surface area contributed by atoms with E-state index < -0.39 is 5.54 Å². The van der Waals surface area contributed by atoms with Crippen molar-refractivity contribution in [1.29, 1.82) is 0 Å². The van der Waals surface area contributed by atoms with Gasteiger partial charge in [-0.1, -0.05) is 47.5 Å². The topological polar surface area (TPSA) is 62.6 Å². The zero-order valence-electron chi connectivity index (χ0n) is 26.0. The third kappa shape index (κ3) is 8.57. The van der Waals surface area contributed by atoms with Gasteiger partial charge in [-0.05, 0) is 64.3 Å². The number of aromatic nitrogens is 2. The molecule has 12 heteroatoms. The molecule has 2 aromatic heterocycles. The summed E-state index contributed by atoms with van der Waals surface area (Å²) in [6, 6.07) is 15.6. The van der Waals surface area contributed by atoms with E-state index in [0.29, 0.717) is 6.54 Å². The normalized spacial score (nSPS) is 17.7. The van der Waals surface area contributed by atoms with Crippen LogP contribution in [-0.4, -0.2) is 83.9 Å². The van der Waals surface area contributed by atoms with E-state index in [-0.39, 0.29) is 43.1 Å². The van der Waals surface area contributed by atoms with Gasteiger partial charge in [-0.15, -0.1) is 22.7 Å². The van der Waals surface area contributed by atoms with Gasteiger partial charge in [-0.2, -0.15) is 0 Å². The number of likely N-dealkylation sites (tertiary alicyclic amines) is 2. The molecule has 2 aliphatic heterocycles. The van der Waals surface area contributed by atoms with Crippen molar-refractivity contribution in [1.82, 2.24) is 19.8 Å². The molecule has 4 heterocycles. The second-order valence-electron chi connectivity index (χ2n) is 11.3. The molecule has 6 rings (SSSR count). The van der Waals surface area contributed by atoms with Gasteiger partial charge in [-0.25, -0.2) is 16.5 Å². The SMILES string of the molecule is CN1CCC(CN)(c2csc(-c3ccc(Cl)cc3)n2)CC1.[AlH3].[C-]#[N+]C1(c2csc(-c3ccc(Cl)cc3)n2)CCN(C)CC1.[H-].[Li+]. The Kier molecular flexibility index (Phi) is 14.0. The second-order valence-corrected chi connectivity index (χ2v) is 13.9. The number of thiazole rings is 2. The van der Waals surface area contributed by atoms with E-state index in [4.69, 9.17) is 45.5 Å². The number of nitrogens with zero attached hydrogens (tertiary/aromatic N) is 5. The van der Waals surface area contributed by atoms with Crippen LogP contribution in [0.5, 0.6) is 0 Å². The van der Waals surface area contributed by atoms with Crippen molar-refractivity contribution < 1.29 is 20.3 Å². The molecule has 0 aliphatic carbocycles. The number of halogens is 2. The summed E-state index contributed by atoms with van der Waals surface area (Å²) in [5.74, 6) is 0. The monoisotopic (exact) mass is 676 g/mol. The van der Waals surface area contributed by atoms with E-state index in [1.807, 2.05) is 53.9 Å². The molecule has 2 saturated heterocycles. The third-order valence-corrected chi connectivity index (χ3v) is 10.9. The van der Waals surface area contributed by atoms with Gasteiger partial charge in [0.25, 0.3) is 5.54 Å². The first-order valence-electron chi connectivity index (χ1n) is 14.2. The van der Waals surface area contributed by atoms with Gasteiger partial charge in [0.1, 0.15) is 15.7 Å². The van der Waals surface area contributed by atoms with Crippen molar-refractivity contribution in [2.45, 2.75) is 36.6 Å². The van der Waals surface area contributed by atoms with Gasteiger partial charge in [-0.3, -0.25) is 0 Å². The Labute approximate surface area is 303 Å². The quantitative estimate of drug-likeness (QED) is 0.259. The molecule has 44 heavy (non-hydrogen) atoms. The van der Waals surface area contributed by atoms with E-state index in [0.717, 1.165) is 94.4 Å². The van der Waals surface area contributed by atoms with Crippen molar-refractivity contribution in [2.24, 2.45) is 5.73 Å². The molecule has 0 spiro atoms. The van der Waals surface area contributed by atoms with Crippen molar-refractivity contribution >= 4 is 63.2 Å². The number of hydrogen-bond acceptors (Lipinski definition) is 7. The first-order chi connectivity index (χ1) is 20.3. The van der Waals surface area contributed by atoms with Gasteiger partial charge in [0, 0.05) is 69.8 Å². The number of benzene rings is 2. The Morgan fingerprint density at radius 1 is 0.795 bits per heavy atom. The van der Waals surface area contributed by atoms with E-state index >= 15 is 0 Å². The van der Waals surface area contributed by atoms with Crippen LogP contribution in [0, 0.1) is 6.57 Å². The average Bonchev–Trinajstić information content (AvgIpc) is 3.72. The Morgan fingerprint density at radius 3 is 1.64 bits per heavy atom. The Morgan fingerprint density at radius 2 is 1.20 bits per heavy atom. The van der Waals surface area contributed by atoms with Gasteiger partial charge >= 0.3 is 18.9 Å². The minimum absolute atomic E-state index is 0. The molecule has 0 atom stereocenters. The largest absolute Gasteiger partial charge is 1.00 e. The summed E-state index contributed by atoms with van der Waals surface area (Å²) >= 11 is 15.2. The van der Waals surface area contributed by atoms with Crippen molar-refractivity contribution in [3.63, 3.8) is 0 Å². The van der Waals surface area contributed by atoms with Crippen molar-refractivity contribution in [3.8, 4) is 21.1 Å². The number of piperidine rings is 2. The summed E-state index contributed by atoms with van der Waals surface area (Å²) in [6.07, 6.45) is 3.89. The maximum absolute atomic E-state index is 7.64. The van der Waals surface area contributed by atoms with E-state index in [9.17, 15) is 0 Å². The van der Waals surface area contributed by atoms with Gasteiger partial charge < -0.3 is 21.8 Å². The first-order valence-corrected chi connectivity index (χ1v) is 16.7. The summed E-state index contributed by atoms with van der Waals surface area (Å²) in [7, 11) is 4.27. The van der Waals surface area contributed by atoms with Gasteiger partial charge in [0.2, 0.25) is 0 Å². The molecule has 228 valence electrons. The molecule has 2 aliphatic rings. The van der Waals surface area contributed by atoms with Crippen molar-refractivity contribution in [2.75, 3.05) is 46.8 Å². The Balaban J connectivity index is 0.000000294. The molecule has 4 aromatic rings. The summed E-state index contributed by atoms with van der Waals surface area (Å²) in [5, 5.41) is 7.72. The third-order valence-electron chi connectivity index (χ3n) is 8.57. The van der Waals surface area contributed by atoms with Crippen LogP contribution in [0.4, 0.5) is 0 Å². The van der Waals surface area contributed by atoms with Crippen molar-refractivity contribution in [3.05, 3.63) is 92.1 Å². The van der Waals surface area contributed by atoms with Crippen LogP contribution in [0.1, 0.15) is 38.5 Å². The fourth-order valence-corrected chi connectivity index (χ4v) is 7.60. The Hall–Kier alpha value is -1.22. The zero-order chi connectivity index (χ0) is 29.7. The second kappa shape index (κ2) is 16.6. The van der Waals surface area contributed by atoms with Crippen LogP contribution in [0.2, 0.25) is 10.0 Å². The van der Waals surface area contributed by atoms with E-state index in [1.165, 1.54) is 0 Å². The summed E-state index contributed by atoms with van der Waals surface area (Å²) in [4.78, 5) is 18.2. The molecular formula is C32H40AlCl2LiN6S2. The van der Waals surface area contributed by atoms with E-state index in [1.54, 1.807) is 22.7 Å². The molecule has 0 amide bonds. The smallest absolute Gasteiger partial charge is 1.00 e. The number of nitrogens with two attached hydrogens (primary N) is 1. The summed E-state index contributed by atoms with van der Waals surface area (Å²) in [5.41, 5.74) is 10.00. The van der Waals surface area contributed by atoms with Crippen LogP contribution >= 0.6 is 45.9 Å². The molecule has 2 aromatic carbocycles. The minimum Gasteiger partial charge on any atom is -1.00 e. The fraction of sp³-hybridized carbons (Fsp3) is 0.406. The fourth-order valence-electron chi connectivity index (χ4n) is 5.48. The summed E-state index contributed by atoms with van der Waals surface area (Å²) < 4.78 is 0. The molecule has 0 radical (unpaired) electrons. The predicted molar refractivity (Wildman–Crippen MR) is 189 cm³/mol. The maximum Gasteiger partial charge on any atom is 1.00 e. The standard InChI is InChI=1S/C16H16ClN3S.C16H20ClN3S.Al.Li.4H/c1-18-16(7-9-20(2)10-8-16)14-11-21-15(19-14)12-3-5-13(17)6-4-12;1-20-8-6-16(11-18,7-9-20)14-10-21-15(19-14)12-2-4-13(17)5-3-12;;;;;;/h3-6,11H,7-10H2,2H3;2-5,10H,6-9,11,18H2,1H3;;;;;;/q;;;+1;;;;-1. The maximum atomic E-state index is 7.64. The average molecular weight is 678 g/mol. The number of rotatable bonds is 5. The van der Waals surface area contributed by atoms with E-state index in [2.05, 4.69) is 34.1 Å². The molecule has 0 saturated carbocycles. The molecule has 6 nitrogen and oxygen atoms in total. The van der Waals surface area contributed by atoms with Crippen LogP contribution in [0.15, 0.2) is 59.3 Å². The van der Waals surface area contributed by atoms with Crippen LogP contribution < -0.4 is 24.6 Å². The number of hydrogen-bond donors (Lipinski definition) is 1. The minimum atomic E-state index is -0.437. The molecule has 0 bridgehead atoms. The van der Waals surface area contributed by atoms with Crippen LogP contribution in [0.25, 0.3) is 26.0 Å². The Bertz CT molecular complexity index is 1510.